The molecule has 7 heteroatoms. The van der Waals surface area contributed by atoms with Crippen molar-refractivity contribution in [2.75, 3.05) is 6.54 Å². The van der Waals surface area contributed by atoms with Crippen molar-refractivity contribution in [1.82, 2.24) is 14.7 Å². The molecule has 0 unspecified atom stereocenters. The fraction of sp³-hybridized carbons (Fsp3) is 0.0625. The van der Waals surface area contributed by atoms with Crippen LogP contribution in [0.5, 0.6) is 0 Å². The number of thiocarbonyl (C=S) groups is 1. The second kappa shape index (κ2) is 6.70. The first kappa shape index (κ1) is 16.0. The third-order valence-corrected chi connectivity index (χ3v) is 4.88. The Morgan fingerprint density at radius 3 is 2.91 bits per heavy atom. The molecule has 116 valence electrons. The molecule has 23 heavy (non-hydrogen) atoms. The zero-order valence-electron chi connectivity index (χ0n) is 12.0. The van der Waals surface area contributed by atoms with Gasteiger partial charge < -0.3 is 0 Å². The number of nitrogens with zero attached hydrogens (tertiary/aromatic N) is 3. The number of hydrogen-bond acceptors (Lipinski definition) is 4. The van der Waals surface area contributed by atoms with E-state index in [1.54, 1.807) is 29.1 Å². The van der Waals surface area contributed by atoms with Gasteiger partial charge in [0.05, 0.1) is 21.8 Å². The van der Waals surface area contributed by atoms with Gasteiger partial charge in [-0.2, -0.15) is 5.10 Å². The number of carbonyl (C=O) groups is 1. The van der Waals surface area contributed by atoms with Crippen molar-refractivity contribution in [3.05, 3.63) is 64.8 Å². The number of para-hydroxylation sites is 1. The van der Waals surface area contributed by atoms with E-state index in [0.29, 0.717) is 20.8 Å². The van der Waals surface area contributed by atoms with E-state index in [1.165, 1.54) is 16.7 Å². The summed E-state index contributed by atoms with van der Waals surface area (Å²) in [5.41, 5.74) is 1.59. The zero-order valence-corrected chi connectivity index (χ0v) is 14.4. The molecule has 1 aromatic carbocycles. The maximum Gasteiger partial charge on any atom is 0.266 e. The smallest absolute Gasteiger partial charge is 0.266 e. The fourth-order valence-electron chi connectivity index (χ4n) is 2.12. The topological polar surface area (TPSA) is 38.1 Å². The molecule has 3 rings (SSSR count). The van der Waals surface area contributed by atoms with Crippen molar-refractivity contribution in [1.29, 1.82) is 0 Å². The van der Waals surface area contributed by atoms with E-state index in [2.05, 4.69) is 11.7 Å². The summed E-state index contributed by atoms with van der Waals surface area (Å²) in [6, 6.07) is 7.44. The maximum atomic E-state index is 12.3. The lowest BCUT2D eigenvalue weighted by atomic mass is 10.3. The van der Waals surface area contributed by atoms with Gasteiger partial charge in [-0.15, -0.1) is 6.58 Å². The van der Waals surface area contributed by atoms with E-state index >= 15 is 0 Å². The molecule has 2 heterocycles. The minimum absolute atomic E-state index is 0.106. The van der Waals surface area contributed by atoms with E-state index < -0.39 is 0 Å². The van der Waals surface area contributed by atoms with E-state index in [-0.39, 0.29) is 5.91 Å². The molecule has 4 nitrogen and oxygen atoms in total. The highest BCUT2D eigenvalue weighted by atomic mass is 35.5. The molecule has 0 atom stereocenters. The van der Waals surface area contributed by atoms with Crippen molar-refractivity contribution in [2.45, 2.75) is 0 Å². The van der Waals surface area contributed by atoms with Gasteiger partial charge in [0.2, 0.25) is 0 Å². The molecule has 1 saturated heterocycles. The molecule has 0 N–H and O–H groups in total. The summed E-state index contributed by atoms with van der Waals surface area (Å²) in [6.45, 7) is 4.06. The SMILES string of the molecule is C=CCN1C(=O)/C(=C/c2cnn(-c3ccccc3Cl)c2)SC1=S. The molecular formula is C16H12ClN3OS2. The highest BCUT2D eigenvalue weighted by Crippen LogP contribution is 2.32. The normalized spacial score (nSPS) is 16.4. The standard InChI is InChI=1S/C16H12ClN3OS2/c1-2-7-19-15(21)14(23-16(19)22)8-11-9-18-20(10-11)13-6-4-3-5-12(13)17/h2-6,8-10H,1,7H2/b14-8-. The van der Waals surface area contributed by atoms with Gasteiger partial charge in [-0.25, -0.2) is 4.68 Å². The highest BCUT2D eigenvalue weighted by Gasteiger charge is 2.31. The number of hydrogen-bond donors (Lipinski definition) is 0. The molecule has 1 amide bonds. The van der Waals surface area contributed by atoms with Crippen molar-refractivity contribution in [3.8, 4) is 5.69 Å². The van der Waals surface area contributed by atoms with Crippen LogP contribution in [-0.2, 0) is 4.79 Å². The number of benzene rings is 1. The van der Waals surface area contributed by atoms with Crippen LogP contribution in [0.15, 0.2) is 54.2 Å². The molecule has 0 aliphatic carbocycles. The highest BCUT2D eigenvalue weighted by molar-refractivity contribution is 8.26. The third-order valence-electron chi connectivity index (χ3n) is 3.18. The summed E-state index contributed by atoms with van der Waals surface area (Å²) in [5.74, 6) is -0.106. The van der Waals surface area contributed by atoms with Gasteiger partial charge in [0, 0.05) is 18.3 Å². The van der Waals surface area contributed by atoms with Crippen LogP contribution < -0.4 is 0 Å². The number of aromatic nitrogens is 2. The first-order valence-electron chi connectivity index (χ1n) is 6.76. The van der Waals surface area contributed by atoms with Crippen LogP contribution in [-0.4, -0.2) is 31.5 Å². The minimum atomic E-state index is -0.106. The molecule has 0 bridgehead atoms. The molecule has 1 aliphatic rings. The monoisotopic (exact) mass is 361 g/mol. The van der Waals surface area contributed by atoms with Crippen LogP contribution in [0.25, 0.3) is 11.8 Å². The van der Waals surface area contributed by atoms with Crippen molar-refractivity contribution in [2.24, 2.45) is 0 Å². The zero-order chi connectivity index (χ0) is 16.4. The van der Waals surface area contributed by atoms with Crippen LogP contribution in [0.2, 0.25) is 5.02 Å². The first-order valence-corrected chi connectivity index (χ1v) is 8.36. The van der Waals surface area contributed by atoms with E-state index in [0.717, 1.165) is 11.3 Å². The lowest BCUT2D eigenvalue weighted by Gasteiger charge is -2.10. The van der Waals surface area contributed by atoms with Crippen molar-refractivity contribution in [3.63, 3.8) is 0 Å². The molecule has 0 radical (unpaired) electrons. The van der Waals surface area contributed by atoms with Gasteiger partial charge in [0.1, 0.15) is 4.32 Å². The van der Waals surface area contributed by atoms with Crippen molar-refractivity contribution < 1.29 is 4.79 Å². The predicted molar refractivity (Wildman–Crippen MR) is 98.7 cm³/mol. The van der Waals surface area contributed by atoms with E-state index in [4.69, 9.17) is 23.8 Å². The molecule has 1 aliphatic heterocycles. The largest absolute Gasteiger partial charge is 0.289 e. The van der Waals surface area contributed by atoms with Crippen LogP contribution >= 0.6 is 35.6 Å². The Hall–Kier alpha value is -1.89. The van der Waals surface area contributed by atoms with Crippen molar-refractivity contribution >= 4 is 51.9 Å². The summed E-state index contributed by atoms with van der Waals surface area (Å²) >= 11 is 12.7. The van der Waals surface area contributed by atoms with Gasteiger partial charge in [-0.05, 0) is 18.2 Å². The number of halogens is 1. The third kappa shape index (κ3) is 3.24. The number of rotatable bonds is 4. The number of amides is 1. The number of carbonyl (C=O) groups excluding carboxylic acids is 1. The Bertz CT molecular complexity index is 828. The number of thioether (sulfide) groups is 1. The molecule has 0 saturated carbocycles. The summed E-state index contributed by atoms with van der Waals surface area (Å²) < 4.78 is 2.22. The lowest BCUT2D eigenvalue weighted by molar-refractivity contribution is -0.121. The molecule has 0 spiro atoms. The van der Waals surface area contributed by atoms with Crippen LogP contribution in [0.1, 0.15) is 5.56 Å². The Balaban J connectivity index is 1.87. The fourth-order valence-corrected chi connectivity index (χ4v) is 3.62. The van der Waals surface area contributed by atoms with Gasteiger partial charge >= 0.3 is 0 Å². The summed E-state index contributed by atoms with van der Waals surface area (Å²) in [6.07, 6.45) is 6.94. The quantitative estimate of drug-likeness (QED) is 0.470. The summed E-state index contributed by atoms with van der Waals surface area (Å²) in [5, 5.41) is 4.90. The summed E-state index contributed by atoms with van der Waals surface area (Å²) in [4.78, 5) is 14.4. The van der Waals surface area contributed by atoms with Gasteiger partial charge in [0.25, 0.3) is 5.91 Å². The Kier molecular flexibility index (Phi) is 4.66. The Labute approximate surface area is 148 Å². The maximum absolute atomic E-state index is 12.3. The van der Waals surface area contributed by atoms with Gasteiger partial charge in [0.15, 0.2) is 0 Å². The molecular weight excluding hydrogens is 350 g/mol. The second-order valence-corrected chi connectivity index (χ2v) is 6.83. The first-order chi connectivity index (χ1) is 11.1. The van der Waals surface area contributed by atoms with Gasteiger partial charge in [-0.3, -0.25) is 9.69 Å². The molecule has 1 aromatic heterocycles. The van der Waals surface area contributed by atoms with Gasteiger partial charge in [-0.1, -0.05) is 53.8 Å². The average molecular weight is 362 g/mol. The van der Waals surface area contributed by atoms with Crippen LogP contribution in [0.3, 0.4) is 0 Å². The predicted octanol–water partition coefficient (Wildman–Crippen LogP) is 3.91. The second-order valence-electron chi connectivity index (χ2n) is 4.75. The summed E-state index contributed by atoms with van der Waals surface area (Å²) in [7, 11) is 0. The van der Waals surface area contributed by atoms with E-state index in [9.17, 15) is 4.79 Å². The Morgan fingerprint density at radius 1 is 1.39 bits per heavy atom. The molecule has 1 fully saturated rings. The van der Waals surface area contributed by atoms with Crippen LogP contribution in [0.4, 0.5) is 0 Å². The van der Waals surface area contributed by atoms with E-state index in [1.807, 2.05) is 24.4 Å². The minimum Gasteiger partial charge on any atom is -0.289 e. The Morgan fingerprint density at radius 2 is 2.17 bits per heavy atom. The lowest BCUT2D eigenvalue weighted by Crippen LogP contribution is -2.27. The molecule has 2 aromatic rings. The average Bonchev–Trinajstić information content (AvgIpc) is 3.09. The van der Waals surface area contributed by atoms with Crippen LogP contribution in [0, 0.1) is 0 Å².